The highest BCUT2D eigenvalue weighted by Gasteiger charge is 2.52. The maximum Gasteiger partial charge on any atom is 0.319 e. The zero-order valence-corrected chi connectivity index (χ0v) is 31.4. The Hall–Kier alpha value is -1.67. The number of Topliss-reactive ketones (excluding diaryl/α,β-unsaturated/α-hetero) is 1. The van der Waals surface area contributed by atoms with Crippen LogP contribution in [0.1, 0.15) is 77.8 Å². The molecule has 3 saturated heterocycles. The van der Waals surface area contributed by atoms with Gasteiger partial charge in [0.1, 0.15) is 18.1 Å². The molecule has 0 spiro atoms. The van der Waals surface area contributed by atoms with Crippen molar-refractivity contribution in [1.82, 2.24) is 19.6 Å². The predicted molar refractivity (Wildman–Crippen MR) is 184 cm³/mol. The smallest absolute Gasteiger partial charge is 0.319 e. The first-order chi connectivity index (χ1) is 23.3. The molecule has 10 atom stereocenters. The van der Waals surface area contributed by atoms with Crippen LogP contribution in [0.4, 0.5) is 0 Å². The molecule has 3 aliphatic heterocycles. The van der Waals surface area contributed by atoms with Crippen molar-refractivity contribution >= 4 is 17.7 Å². The van der Waals surface area contributed by atoms with Crippen molar-refractivity contribution in [1.29, 1.82) is 0 Å². The summed E-state index contributed by atoms with van der Waals surface area (Å²) in [6.45, 7) is 15.6. The zero-order chi connectivity index (χ0) is 37.7. The second-order valence-corrected chi connectivity index (χ2v) is 15.6. The molecule has 3 heterocycles. The minimum atomic E-state index is -1.50. The van der Waals surface area contributed by atoms with Crippen LogP contribution in [0, 0.1) is 23.2 Å². The number of carbonyl (C=O) groups is 3. The molecular weight excluding hydrogens is 616 g/mol. The molecule has 0 aliphatic carbocycles. The minimum Gasteiger partial charge on any atom is -0.463 e. The summed E-state index contributed by atoms with van der Waals surface area (Å²) < 4.78 is 40.2. The Balaban J connectivity index is 1.88. The van der Waals surface area contributed by atoms with Crippen LogP contribution < -0.4 is 0 Å². The standard InChI is InChI=1S/C36H66N4O8/c1-14-39(15-2)25(6)32(43)40-19-26(20-40)28-21-46-34(44)35(7,8)30(42)24(5)31(36(9,45-13)17-22(3)18-38(28)12)48-33-29(41)27(37(10)11)16-23(4)47-33/h22-29,31,33,41H,14-21H2,1-13H3/t22-,23-,24+,25+,27+,28-,29-,31-,33+,36-/m1/s1/i1D,2D. The normalized spacial score (nSPS) is 37.5. The number of nitrogens with zero attached hydrogens (tertiary/aromatic N) is 4. The summed E-state index contributed by atoms with van der Waals surface area (Å²) in [4.78, 5) is 49.2. The van der Waals surface area contributed by atoms with Crippen LogP contribution in [0.2, 0.25) is 0 Å². The van der Waals surface area contributed by atoms with Gasteiger partial charge in [0, 0.05) is 53.4 Å². The topological polar surface area (TPSA) is 121 Å². The van der Waals surface area contributed by atoms with E-state index in [-0.39, 0.29) is 62.1 Å². The van der Waals surface area contributed by atoms with Crippen molar-refractivity contribution in [2.45, 2.75) is 123 Å². The Morgan fingerprint density at radius 1 is 1.12 bits per heavy atom. The molecule has 3 aliphatic rings. The number of hydrogen-bond donors (Lipinski definition) is 1. The number of ketones is 1. The van der Waals surface area contributed by atoms with Gasteiger partial charge in [0.25, 0.3) is 0 Å². The van der Waals surface area contributed by atoms with Gasteiger partial charge in [0.15, 0.2) is 12.1 Å². The Kier molecular flexibility index (Phi) is 13.0. The Bertz CT molecular complexity index is 1140. The fourth-order valence-corrected chi connectivity index (χ4v) is 7.92. The number of likely N-dealkylation sites (tertiary alicyclic amines) is 1. The molecule has 1 amide bonds. The summed E-state index contributed by atoms with van der Waals surface area (Å²) in [5.74, 6) is -1.72. The first-order valence-electron chi connectivity index (χ1n) is 19.0. The van der Waals surface area contributed by atoms with Crippen LogP contribution in [0.15, 0.2) is 0 Å². The summed E-state index contributed by atoms with van der Waals surface area (Å²) in [5.41, 5.74) is -2.49. The number of cyclic esters (lactones) is 1. The highest BCUT2D eigenvalue weighted by Crippen LogP contribution is 2.38. The molecule has 278 valence electrons. The van der Waals surface area contributed by atoms with Crippen molar-refractivity contribution in [2.75, 3.05) is 67.6 Å². The van der Waals surface area contributed by atoms with Crippen molar-refractivity contribution in [2.24, 2.45) is 23.2 Å². The SMILES string of the molecule is [2H]CCN(CC[2H])[C@@H](C)C(=O)N1CC([C@H]2COC(=O)C(C)(C)C(=O)[C@H](C)[C@@H](O[C@@H]3O[C@H](C)C[C@H](N(C)C)[C@H]3O)[C@](C)(OC)C[C@@H](C)CN2C)C1. The maximum atomic E-state index is 14.3. The Morgan fingerprint density at radius 3 is 2.31 bits per heavy atom. The highest BCUT2D eigenvalue weighted by atomic mass is 16.7. The van der Waals surface area contributed by atoms with Gasteiger partial charge in [-0.3, -0.25) is 24.2 Å². The maximum absolute atomic E-state index is 14.3. The molecule has 1 N–H and O–H groups in total. The van der Waals surface area contributed by atoms with E-state index >= 15 is 0 Å². The van der Waals surface area contributed by atoms with Crippen LogP contribution in [0.25, 0.3) is 0 Å². The molecule has 48 heavy (non-hydrogen) atoms. The van der Waals surface area contributed by atoms with E-state index in [1.165, 1.54) is 0 Å². The van der Waals surface area contributed by atoms with Crippen LogP contribution in [0.3, 0.4) is 0 Å². The number of hydrogen-bond acceptors (Lipinski definition) is 11. The van der Waals surface area contributed by atoms with E-state index in [0.29, 0.717) is 45.6 Å². The lowest BCUT2D eigenvalue weighted by Crippen LogP contribution is -2.62. The summed E-state index contributed by atoms with van der Waals surface area (Å²) >= 11 is 0. The first-order valence-corrected chi connectivity index (χ1v) is 17.6. The Labute approximate surface area is 292 Å². The van der Waals surface area contributed by atoms with E-state index in [4.69, 9.17) is 21.7 Å². The lowest BCUT2D eigenvalue weighted by Gasteiger charge is -2.48. The van der Waals surface area contributed by atoms with Crippen LogP contribution in [-0.4, -0.2) is 158 Å². The van der Waals surface area contributed by atoms with Gasteiger partial charge in [0.2, 0.25) is 5.91 Å². The molecule has 0 saturated carbocycles. The average molecular weight is 685 g/mol. The number of esters is 1. The van der Waals surface area contributed by atoms with Crippen molar-refractivity contribution < 1.29 is 41.2 Å². The van der Waals surface area contributed by atoms with Crippen LogP contribution in [0.5, 0.6) is 0 Å². The molecule has 3 fully saturated rings. The fourth-order valence-electron chi connectivity index (χ4n) is 7.92. The van der Waals surface area contributed by atoms with Gasteiger partial charge in [-0.05, 0) is 87.6 Å². The van der Waals surface area contributed by atoms with E-state index in [9.17, 15) is 19.5 Å². The molecular formula is C36H66N4O8. The lowest BCUT2D eigenvalue weighted by molar-refractivity contribution is -0.295. The van der Waals surface area contributed by atoms with E-state index in [1.807, 2.05) is 51.7 Å². The van der Waals surface area contributed by atoms with Gasteiger partial charge in [-0.15, -0.1) is 0 Å². The highest BCUT2D eigenvalue weighted by molar-refractivity contribution is 6.04. The van der Waals surface area contributed by atoms with Crippen molar-refractivity contribution in [3.8, 4) is 0 Å². The minimum absolute atomic E-state index is 0.0261. The molecule has 0 radical (unpaired) electrons. The van der Waals surface area contributed by atoms with Crippen molar-refractivity contribution in [3.05, 3.63) is 0 Å². The third-order valence-electron chi connectivity index (χ3n) is 11.2. The molecule has 12 heteroatoms. The summed E-state index contributed by atoms with van der Waals surface area (Å²) in [5, 5.41) is 11.3. The summed E-state index contributed by atoms with van der Waals surface area (Å²) in [6, 6.07) is -0.825. The molecule has 3 rings (SSSR count). The first kappa shape index (κ1) is 37.6. The predicted octanol–water partition coefficient (Wildman–Crippen LogP) is 2.51. The van der Waals surface area contributed by atoms with Gasteiger partial charge < -0.3 is 33.9 Å². The second kappa shape index (κ2) is 16.6. The third-order valence-corrected chi connectivity index (χ3v) is 11.2. The van der Waals surface area contributed by atoms with Gasteiger partial charge in [-0.25, -0.2) is 0 Å². The number of aliphatic hydroxyl groups is 1. The number of methoxy groups -OCH3 is 1. The number of likely N-dealkylation sites (N-methyl/N-ethyl adjacent to an activating group) is 3. The Morgan fingerprint density at radius 2 is 1.75 bits per heavy atom. The third kappa shape index (κ3) is 8.79. The monoisotopic (exact) mass is 685 g/mol. The lowest BCUT2D eigenvalue weighted by atomic mass is 9.74. The second-order valence-electron chi connectivity index (χ2n) is 15.6. The number of aliphatic hydroxyl groups excluding tert-OH is 1. The van der Waals surface area contributed by atoms with E-state index in [2.05, 4.69) is 11.8 Å². The van der Waals surface area contributed by atoms with Crippen LogP contribution in [-0.2, 0) is 33.3 Å². The molecule has 0 aromatic rings. The number of amides is 1. The average Bonchev–Trinajstić information content (AvgIpc) is 3.03. The van der Waals surface area contributed by atoms with Gasteiger partial charge in [-0.1, -0.05) is 27.6 Å². The van der Waals surface area contributed by atoms with Gasteiger partial charge in [-0.2, -0.15) is 0 Å². The number of rotatable bonds is 9. The molecule has 12 nitrogen and oxygen atoms in total. The van der Waals surface area contributed by atoms with Crippen LogP contribution >= 0.6 is 0 Å². The zero-order valence-electron chi connectivity index (χ0n) is 33.4. The summed E-state index contributed by atoms with van der Waals surface area (Å²) in [7, 11) is 7.41. The van der Waals surface area contributed by atoms with Gasteiger partial charge in [0.05, 0.1) is 23.9 Å². The quantitative estimate of drug-likeness (QED) is 0.285. The largest absolute Gasteiger partial charge is 0.463 e. The number of carbonyl (C=O) groups excluding carboxylic acids is 3. The fraction of sp³-hybridized carbons (Fsp3) is 0.917. The molecule has 0 aromatic carbocycles. The summed E-state index contributed by atoms with van der Waals surface area (Å²) in [6.07, 6.45) is -1.88. The van der Waals surface area contributed by atoms with E-state index in [1.54, 1.807) is 32.8 Å². The van der Waals surface area contributed by atoms with E-state index < -0.39 is 47.4 Å². The molecule has 0 unspecified atom stereocenters. The molecule has 0 bridgehead atoms. The van der Waals surface area contributed by atoms with E-state index in [0.717, 1.165) is 0 Å². The van der Waals surface area contributed by atoms with Gasteiger partial charge >= 0.3 is 5.97 Å². The number of ether oxygens (including phenoxy) is 4. The molecule has 0 aromatic heterocycles. The van der Waals surface area contributed by atoms with Crippen molar-refractivity contribution in [3.63, 3.8) is 0 Å².